The van der Waals surface area contributed by atoms with Gasteiger partial charge in [-0.3, -0.25) is 0 Å². The summed E-state index contributed by atoms with van der Waals surface area (Å²) in [5.74, 6) is 0. The number of nitrogens with one attached hydrogen (secondary N) is 1. The van der Waals surface area contributed by atoms with Crippen molar-refractivity contribution >= 4 is 21.4 Å². The Morgan fingerprint density at radius 2 is 2.14 bits per heavy atom. The molecular formula is C18H25NOS. The van der Waals surface area contributed by atoms with Gasteiger partial charge in [-0.25, -0.2) is 0 Å². The fourth-order valence-electron chi connectivity index (χ4n) is 2.25. The minimum atomic E-state index is 0.695. The normalized spacial score (nSPS) is 11.1. The summed E-state index contributed by atoms with van der Waals surface area (Å²) < 4.78 is 7.21. The van der Waals surface area contributed by atoms with E-state index < -0.39 is 0 Å². The van der Waals surface area contributed by atoms with Gasteiger partial charge in [0.2, 0.25) is 0 Å². The molecule has 1 aromatic heterocycles. The number of fused-ring (bicyclic) bond motifs is 1. The summed E-state index contributed by atoms with van der Waals surface area (Å²) in [6.07, 6.45) is 2.10. The van der Waals surface area contributed by atoms with E-state index in [1.165, 1.54) is 26.1 Å². The lowest BCUT2D eigenvalue weighted by Gasteiger charge is -2.07. The molecular weight excluding hydrogens is 278 g/mol. The predicted octanol–water partition coefficient (Wildman–Crippen LogP) is 4.88. The zero-order chi connectivity index (χ0) is 15.1. The van der Waals surface area contributed by atoms with E-state index >= 15 is 0 Å². The van der Waals surface area contributed by atoms with E-state index in [1.807, 2.05) is 18.3 Å². The van der Waals surface area contributed by atoms with E-state index in [9.17, 15) is 0 Å². The molecule has 2 aromatic rings. The van der Waals surface area contributed by atoms with Crippen molar-refractivity contribution in [3.8, 4) is 0 Å². The molecule has 1 N–H and O–H groups in total. The minimum absolute atomic E-state index is 0.695. The van der Waals surface area contributed by atoms with Gasteiger partial charge in [0.1, 0.15) is 0 Å². The van der Waals surface area contributed by atoms with Crippen LogP contribution in [-0.4, -0.2) is 13.2 Å². The lowest BCUT2D eigenvalue weighted by atomic mass is 10.1. The topological polar surface area (TPSA) is 21.3 Å². The molecule has 0 amide bonds. The van der Waals surface area contributed by atoms with Crippen LogP contribution in [0.4, 0.5) is 0 Å². The Balaban J connectivity index is 2.09. The standard InChI is InChI=1S/C18H25NOS/c1-4-10-19-12-18-16(13-20-11-9-14(2)3)15-7-5-6-8-17(15)21-18/h5-8,19H,2,4,9-13H2,1,3H3. The Labute approximate surface area is 131 Å². The summed E-state index contributed by atoms with van der Waals surface area (Å²) in [6.45, 7) is 11.6. The molecule has 2 nitrogen and oxygen atoms in total. The number of benzene rings is 1. The fraction of sp³-hybridized carbons (Fsp3) is 0.444. The number of thiophene rings is 1. The predicted molar refractivity (Wildman–Crippen MR) is 92.9 cm³/mol. The fourth-order valence-corrected chi connectivity index (χ4v) is 3.43. The average molecular weight is 303 g/mol. The lowest BCUT2D eigenvalue weighted by molar-refractivity contribution is 0.124. The van der Waals surface area contributed by atoms with Gasteiger partial charge in [0.05, 0.1) is 13.2 Å². The molecule has 0 unspecified atom stereocenters. The van der Waals surface area contributed by atoms with E-state index in [0.717, 1.165) is 32.5 Å². The van der Waals surface area contributed by atoms with Crippen molar-refractivity contribution in [2.45, 2.75) is 39.8 Å². The van der Waals surface area contributed by atoms with Gasteiger partial charge >= 0.3 is 0 Å². The van der Waals surface area contributed by atoms with E-state index in [1.54, 1.807) is 0 Å². The Morgan fingerprint density at radius 3 is 2.90 bits per heavy atom. The van der Waals surface area contributed by atoms with E-state index in [0.29, 0.717) is 6.61 Å². The first-order chi connectivity index (χ1) is 10.2. The van der Waals surface area contributed by atoms with Gasteiger partial charge in [-0.15, -0.1) is 17.9 Å². The van der Waals surface area contributed by atoms with Crippen LogP contribution in [-0.2, 0) is 17.9 Å². The van der Waals surface area contributed by atoms with E-state index in [-0.39, 0.29) is 0 Å². The highest BCUT2D eigenvalue weighted by Gasteiger charge is 2.11. The van der Waals surface area contributed by atoms with Crippen molar-refractivity contribution in [1.82, 2.24) is 5.32 Å². The highest BCUT2D eigenvalue weighted by atomic mass is 32.1. The molecule has 0 saturated heterocycles. The van der Waals surface area contributed by atoms with E-state index in [2.05, 4.69) is 43.1 Å². The van der Waals surface area contributed by atoms with Crippen LogP contribution in [0.3, 0.4) is 0 Å². The van der Waals surface area contributed by atoms with Crippen LogP contribution in [0.15, 0.2) is 36.4 Å². The second kappa shape index (κ2) is 8.32. The molecule has 0 aliphatic heterocycles. The zero-order valence-electron chi connectivity index (χ0n) is 13.1. The molecule has 0 bridgehead atoms. The Bertz CT molecular complexity index is 588. The third-order valence-corrected chi connectivity index (χ3v) is 4.63. The largest absolute Gasteiger partial charge is 0.376 e. The first kappa shape index (κ1) is 16.2. The summed E-state index contributed by atoms with van der Waals surface area (Å²) in [4.78, 5) is 1.40. The molecule has 0 saturated carbocycles. The molecule has 3 heteroatoms. The van der Waals surface area contributed by atoms with Crippen molar-refractivity contribution < 1.29 is 4.74 Å². The smallest absolute Gasteiger partial charge is 0.0734 e. The number of hydrogen-bond acceptors (Lipinski definition) is 3. The van der Waals surface area contributed by atoms with Gasteiger partial charge < -0.3 is 10.1 Å². The molecule has 0 radical (unpaired) electrons. The summed E-state index contributed by atoms with van der Waals surface area (Å²) >= 11 is 1.88. The molecule has 114 valence electrons. The van der Waals surface area contributed by atoms with Crippen LogP contribution >= 0.6 is 11.3 Å². The SMILES string of the molecule is C=C(C)CCOCc1c(CNCCC)sc2ccccc12. The lowest BCUT2D eigenvalue weighted by Crippen LogP contribution is -2.14. The summed E-state index contributed by atoms with van der Waals surface area (Å²) in [5.41, 5.74) is 2.52. The quantitative estimate of drug-likeness (QED) is 0.526. The summed E-state index contributed by atoms with van der Waals surface area (Å²) in [7, 11) is 0. The third-order valence-electron chi connectivity index (χ3n) is 3.41. The monoisotopic (exact) mass is 303 g/mol. The molecule has 0 spiro atoms. The van der Waals surface area contributed by atoms with Gasteiger partial charge in [-0.05, 0) is 37.8 Å². The van der Waals surface area contributed by atoms with Crippen LogP contribution in [0.5, 0.6) is 0 Å². The van der Waals surface area contributed by atoms with Gasteiger partial charge in [0, 0.05) is 21.7 Å². The minimum Gasteiger partial charge on any atom is -0.376 e. The highest BCUT2D eigenvalue weighted by molar-refractivity contribution is 7.19. The maximum Gasteiger partial charge on any atom is 0.0734 e. The Hall–Kier alpha value is -1.16. The number of ether oxygens (including phenoxy) is 1. The third kappa shape index (κ3) is 4.67. The van der Waals surface area contributed by atoms with Gasteiger partial charge in [-0.1, -0.05) is 30.7 Å². The molecule has 1 heterocycles. The van der Waals surface area contributed by atoms with Crippen LogP contribution in [0.1, 0.15) is 37.1 Å². The molecule has 1 aromatic carbocycles. The van der Waals surface area contributed by atoms with Crippen LogP contribution < -0.4 is 5.32 Å². The van der Waals surface area contributed by atoms with Crippen molar-refractivity contribution in [2.24, 2.45) is 0 Å². The highest BCUT2D eigenvalue weighted by Crippen LogP contribution is 2.31. The second-order valence-corrected chi connectivity index (χ2v) is 6.57. The number of hydrogen-bond donors (Lipinski definition) is 1. The molecule has 0 aliphatic carbocycles. The first-order valence-electron chi connectivity index (χ1n) is 7.64. The van der Waals surface area contributed by atoms with Gasteiger partial charge in [0.15, 0.2) is 0 Å². The van der Waals surface area contributed by atoms with Crippen molar-refractivity contribution in [1.29, 1.82) is 0 Å². The maximum absolute atomic E-state index is 5.86. The summed E-state index contributed by atoms with van der Waals surface area (Å²) in [6, 6.07) is 8.61. The zero-order valence-corrected chi connectivity index (χ0v) is 13.9. The van der Waals surface area contributed by atoms with Gasteiger partial charge in [-0.2, -0.15) is 0 Å². The van der Waals surface area contributed by atoms with Crippen LogP contribution in [0.25, 0.3) is 10.1 Å². The maximum atomic E-state index is 5.86. The Morgan fingerprint density at radius 1 is 1.33 bits per heavy atom. The molecule has 2 rings (SSSR count). The molecule has 0 fully saturated rings. The van der Waals surface area contributed by atoms with Crippen LogP contribution in [0.2, 0.25) is 0 Å². The first-order valence-corrected chi connectivity index (χ1v) is 8.46. The molecule has 0 aliphatic rings. The van der Waals surface area contributed by atoms with Crippen molar-refractivity contribution in [3.05, 3.63) is 46.9 Å². The molecule has 21 heavy (non-hydrogen) atoms. The molecule has 0 atom stereocenters. The van der Waals surface area contributed by atoms with Crippen molar-refractivity contribution in [3.63, 3.8) is 0 Å². The van der Waals surface area contributed by atoms with E-state index in [4.69, 9.17) is 4.74 Å². The Kier molecular flexibility index (Phi) is 6.43. The van der Waals surface area contributed by atoms with Crippen molar-refractivity contribution in [2.75, 3.05) is 13.2 Å². The second-order valence-electron chi connectivity index (χ2n) is 5.44. The summed E-state index contributed by atoms with van der Waals surface area (Å²) in [5, 5.41) is 4.84. The average Bonchev–Trinajstić information content (AvgIpc) is 2.81. The number of rotatable bonds is 9. The van der Waals surface area contributed by atoms with Crippen LogP contribution in [0, 0.1) is 0 Å². The van der Waals surface area contributed by atoms with Gasteiger partial charge in [0.25, 0.3) is 0 Å².